The molecule has 1 aromatic rings. The van der Waals surface area contributed by atoms with Gasteiger partial charge in [-0.25, -0.2) is 4.79 Å². The average Bonchev–Trinajstić information content (AvgIpc) is 2.98. The van der Waals surface area contributed by atoms with Crippen molar-refractivity contribution in [1.82, 2.24) is 4.90 Å². The summed E-state index contributed by atoms with van der Waals surface area (Å²) in [5.41, 5.74) is 1.04. The molecule has 1 saturated heterocycles. The molecule has 0 bridgehead atoms. The number of methoxy groups -OCH3 is 1. The number of nitrogens with zero attached hydrogens (tertiary/aromatic N) is 1. The van der Waals surface area contributed by atoms with Crippen LogP contribution >= 0.6 is 0 Å². The molecule has 1 aliphatic carbocycles. The zero-order valence-electron chi connectivity index (χ0n) is 10.0. The number of carbonyl (C=O) groups excluding carboxylic acids is 1. The standard InChI is InChI=1S/C14H17NO2/c1-17-14(16)13(10-5-3-2-4-6-10)15-8-11-7-12(11)9-15/h2-6,11-13H,7-9H2,1H3. The van der Waals surface area contributed by atoms with Gasteiger partial charge in [-0.05, 0) is 23.8 Å². The molecule has 1 heterocycles. The van der Waals surface area contributed by atoms with Crippen LogP contribution in [0.3, 0.4) is 0 Å². The zero-order chi connectivity index (χ0) is 11.8. The van der Waals surface area contributed by atoms with E-state index >= 15 is 0 Å². The molecule has 3 heteroatoms. The van der Waals surface area contributed by atoms with Crippen molar-refractivity contribution in [2.45, 2.75) is 12.5 Å². The molecule has 3 atom stereocenters. The van der Waals surface area contributed by atoms with Gasteiger partial charge in [0.1, 0.15) is 6.04 Å². The first-order valence-corrected chi connectivity index (χ1v) is 6.16. The van der Waals surface area contributed by atoms with Crippen LogP contribution in [0.25, 0.3) is 0 Å². The normalized spacial score (nSPS) is 28.5. The van der Waals surface area contributed by atoms with E-state index < -0.39 is 0 Å². The summed E-state index contributed by atoms with van der Waals surface area (Å²) in [5.74, 6) is 1.51. The van der Waals surface area contributed by atoms with Crippen LogP contribution < -0.4 is 0 Å². The lowest BCUT2D eigenvalue weighted by atomic mass is 10.1. The van der Waals surface area contributed by atoms with Gasteiger partial charge in [-0.15, -0.1) is 0 Å². The Balaban J connectivity index is 1.84. The SMILES string of the molecule is COC(=O)C(c1ccccc1)N1CC2CC2C1. The van der Waals surface area contributed by atoms with E-state index in [2.05, 4.69) is 4.90 Å². The molecule has 1 aromatic carbocycles. The second-order valence-corrected chi connectivity index (χ2v) is 5.05. The van der Waals surface area contributed by atoms with Gasteiger partial charge in [0.15, 0.2) is 0 Å². The number of piperidine rings is 1. The summed E-state index contributed by atoms with van der Waals surface area (Å²) in [6.45, 7) is 2.08. The molecule has 1 saturated carbocycles. The quantitative estimate of drug-likeness (QED) is 0.744. The number of fused-ring (bicyclic) bond motifs is 1. The van der Waals surface area contributed by atoms with E-state index in [0.29, 0.717) is 0 Å². The first-order valence-electron chi connectivity index (χ1n) is 6.16. The molecular weight excluding hydrogens is 214 g/mol. The molecule has 2 aliphatic rings. The Morgan fingerprint density at radius 1 is 1.29 bits per heavy atom. The molecule has 3 unspecified atom stereocenters. The third-order valence-corrected chi connectivity index (χ3v) is 3.91. The summed E-state index contributed by atoms with van der Waals surface area (Å²) in [6.07, 6.45) is 1.35. The minimum atomic E-state index is -0.214. The van der Waals surface area contributed by atoms with Gasteiger partial charge in [0.2, 0.25) is 0 Å². The fourth-order valence-electron chi connectivity index (χ4n) is 2.89. The van der Waals surface area contributed by atoms with Crippen LogP contribution in [-0.2, 0) is 9.53 Å². The van der Waals surface area contributed by atoms with Crippen LogP contribution in [0.5, 0.6) is 0 Å². The fourth-order valence-corrected chi connectivity index (χ4v) is 2.89. The second-order valence-electron chi connectivity index (χ2n) is 5.05. The van der Waals surface area contributed by atoms with Gasteiger partial charge < -0.3 is 4.74 Å². The first kappa shape index (κ1) is 10.8. The lowest BCUT2D eigenvalue weighted by Gasteiger charge is -2.27. The molecule has 2 fully saturated rings. The monoisotopic (exact) mass is 231 g/mol. The number of hydrogen-bond acceptors (Lipinski definition) is 3. The summed E-state index contributed by atoms with van der Waals surface area (Å²) < 4.78 is 4.95. The molecule has 0 N–H and O–H groups in total. The van der Waals surface area contributed by atoms with E-state index in [1.165, 1.54) is 13.5 Å². The van der Waals surface area contributed by atoms with Crippen LogP contribution in [0.1, 0.15) is 18.0 Å². The smallest absolute Gasteiger partial charge is 0.327 e. The molecule has 0 aromatic heterocycles. The number of likely N-dealkylation sites (tertiary alicyclic amines) is 1. The Morgan fingerprint density at radius 3 is 2.53 bits per heavy atom. The van der Waals surface area contributed by atoms with Crippen molar-refractivity contribution >= 4 is 5.97 Å². The van der Waals surface area contributed by atoms with Crippen LogP contribution in [0.15, 0.2) is 30.3 Å². The van der Waals surface area contributed by atoms with Gasteiger partial charge in [0.05, 0.1) is 7.11 Å². The van der Waals surface area contributed by atoms with Gasteiger partial charge in [0.25, 0.3) is 0 Å². The van der Waals surface area contributed by atoms with Crippen LogP contribution in [0, 0.1) is 11.8 Å². The molecule has 3 nitrogen and oxygen atoms in total. The maximum absolute atomic E-state index is 12.0. The number of ether oxygens (including phenoxy) is 1. The zero-order valence-corrected chi connectivity index (χ0v) is 10.0. The highest BCUT2D eigenvalue weighted by atomic mass is 16.5. The molecule has 3 rings (SSSR count). The Hall–Kier alpha value is -1.35. The summed E-state index contributed by atoms with van der Waals surface area (Å²) in [4.78, 5) is 14.2. The van der Waals surface area contributed by atoms with E-state index in [0.717, 1.165) is 30.5 Å². The molecule has 17 heavy (non-hydrogen) atoms. The minimum Gasteiger partial charge on any atom is -0.468 e. The lowest BCUT2D eigenvalue weighted by molar-refractivity contribution is -0.147. The van der Waals surface area contributed by atoms with Crippen molar-refractivity contribution in [2.24, 2.45) is 11.8 Å². The van der Waals surface area contributed by atoms with E-state index in [1.54, 1.807) is 0 Å². The van der Waals surface area contributed by atoms with E-state index in [-0.39, 0.29) is 12.0 Å². The molecular formula is C14H17NO2. The van der Waals surface area contributed by atoms with Crippen molar-refractivity contribution in [3.05, 3.63) is 35.9 Å². The van der Waals surface area contributed by atoms with Crippen molar-refractivity contribution in [3.8, 4) is 0 Å². The highest BCUT2D eigenvalue weighted by molar-refractivity contribution is 5.77. The Kier molecular flexibility index (Phi) is 2.63. The van der Waals surface area contributed by atoms with Crippen molar-refractivity contribution in [3.63, 3.8) is 0 Å². The predicted molar refractivity (Wildman–Crippen MR) is 64.4 cm³/mol. The lowest BCUT2D eigenvalue weighted by Crippen LogP contribution is -2.34. The van der Waals surface area contributed by atoms with Crippen molar-refractivity contribution < 1.29 is 9.53 Å². The fraction of sp³-hybridized carbons (Fsp3) is 0.500. The Morgan fingerprint density at radius 2 is 1.94 bits per heavy atom. The summed E-state index contributed by atoms with van der Waals surface area (Å²) in [6, 6.07) is 9.72. The van der Waals surface area contributed by atoms with Crippen LogP contribution in [0.2, 0.25) is 0 Å². The Labute approximate surface area is 101 Å². The molecule has 0 amide bonds. The van der Waals surface area contributed by atoms with Crippen molar-refractivity contribution in [1.29, 1.82) is 0 Å². The number of esters is 1. The summed E-state index contributed by atoms with van der Waals surface area (Å²) >= 11 is 0. The van der Waals surface area contributed by atoms with Gasteiger partial charge in [-0.2, -0.15) is 0 Å². The number of hydrogen-bond donors (Lipinski definition) is 0. The van der Waals surface area contributed by atoms with Gasteiger partial charge >= 0.3 is 5.97 Å². The molecule has 0 radical (unpaired) electrons. The highest BCUT2D eigenvalue weighted by Gasteiger charge is 2.48. The number of carbonyl (C=O) groups is 1. The summed E-state index contributed by atoms with van der Waals surface area (Å²) in [5, 5.41) is 0. The minimum absolute atomic E-state index is 0.141. The topological polar surface area (TPSA) is 29.5 Å². The van der Waals surface area contributed by atoms with Crippen LogP contribution in [-0.4, -0.2) is 31.1 Å². The Bertz CT molecular complexity index is 407. The highest BCUT2D eigenvalue weighted by Crippen LogP contribution is 2.47. The second kappa shape index (κ2) is 4.15. The third-order valence-electron chi connectivity index (χ3n) is 3.91. The predicted octanol–water partition coefficient (Wildman–Crippen LogP) is 1.85. The molecule has 0 spiro atoms. The van der Waals surface area contributed by atoms with E-state index in [9.17, 15) is 4.79 Å². The van der Waals surface area contributed by atoms with E-state index in [1.807, 2.05) is 30.3 Å². The van der Waals surface area contributed by atoms with Crippen LogP contribution in [0.4, 0.5) is 0 Å². The van der Waals surface area contributed by atoms with E-state index in [4.69, 9.17) is 4.74 Å². The first-order chi connectivity index (χ1) is 8.29. The summed E-state index contributed by atoms with van der Waals surface area (Å²) in [7, 11) is 1.47. The third kappa shape index (κ3) is 1.95. The number of rotatable bonds is 3. The van der Waals surface area contributed by atoms with Crippen molar-refractivity contribution in [2.75, 3.05) is 20.2 Å². The molecule has 90 valence electrons. The average molecular weight is 231 g/mol. The maximum Gasteiger partial charge on any atom is 0.327 e. The van der Waals surface area contributed by atoms with Gasteiger partial charge in [0, 0.05) is 13.1 Å². The largest absolute Gasteiger partial charge is 0.468 e. The number of benzene rings is 1. The maximum atomic E-state index is 12.0. The van der Waals surface area contributed by atoms with Gasteiger partial charge in [-0.3, -0.25) is 4.90 Å². The molecule has 1 aliphatic heterocycles. The van der Waals surface area contributed by atoms with Gasteiger partial charge in [-0.1, -0.05) is 30.3 Å².